The van der Waals surface area contributed by atoms with E-state index in [4.69, 9.17) is 4.42 Å². The summed E-state index contributed by atoms with van der Waals surface area (Å²) in [5.41, 5.74) is 0.476. The van der Waals surface area contributed by atoms with Gasteiger partial charge in [-0.3, -0.25) is 4.98 Å². The molecule has 140 valence electrons. The van der Waals surface area contributed by atoms with Gasteiger partial charge >= 0.3 is 0 Å². The summed E-state index contributed by atoms with van der Waals surface area (Å²) >= 11 is 0. The molecule has 7 nitrogen and oxygen atoms in total. The molecule has 4 rings (SSSR count). The van der Waals surface area contributed by atoms with Gasteiger partial charge in [-0.2, -0.15) is 4.31 Å². The van der Waals surface area contributed by atoms with Gasteiger partial charge in [-0.25, -0.2) is 17.2 Å². The van der Waals surface area contributed by atoms with Crippen molar-refractivity contribution >= 4 is 10.0 Å². The van der Waals surface area contributed by atoms with E-state index in [1.165, 1.54) is 4.31 Å². The largest absolute Gasteiger partial charge is 0.417 e. The molecule has 0 aliphatic carbocycles. The molecule has 1 saturated heterocycles. The van der Waals surface area contributed by atoms with Gasteiger partial charge in [-0.05, 0) is 43.2 Å². The Bertz CT molecular complexity index is 1070. The number of hydrogen-bond acceptors (Lipinski definition) is 6. The summed E-state index contributed by atoms with van der Waals surface area (Å²) in [4.78, 5) is 3.80. The Hall–Kier alpha value is -2.72. The third-order valence-corrected chi connectivity index (χ3v) is 6.22. The summed E-state index contributed by atoms with van der Waals surface area (Å²) in [6, 6.07) is 7.04. The standard InChI is InChI=1S/C17H14F2N4O3S/c18-12-7-6-11(10-13(12)19)27(24,25)23-9-3-5-15(23)17-22-21-16(26-17)14-4-1-2-8-20-14/h1-2,4,6-8,10,15H,3,5,9H2/t15-/m0/s1. The van der Waals surface area contributed by atoms with Crippen LogP contribution in [-0.2, 0) is 10.0 Å². The smallest absolute Gasteiger partial charge is 0.266 e. The summed E-state index contributed by atoms with van der Waals surface area (Å²) in [6.07, 6.45) is 2.64. The van der Waals surface area contributed by atoms with Crippen molar-refractivity contribution in [1.82, 2.24) is 19.5 Å². The Labute approximate surface area is 153 Å². The summed E-state index contributed by atoms with van der Waals surface area (Å²) in [6.45, 7) is 0.216. The zero-order chi connectivity index (χ0) is 19.0. The fourth-order valence-electron chi connectivity index (χ4n) is 3.01. The van der Waals surface area contributed by atoms with Crippen molar-refractivity contribution in [1.29, 1.82) is 0 Å². The number of rotatable bonds is 4. The lowest BCUT2D eigenvalue weighted by Crippen LogP contribution is -2.31. The molecule has 27 heavy (non-hydrogen) atoms. The minimum absolute atomic E-state index is 0.138. The van der Waals surface area contributed by atoms with Crippen molar-refractivity contribution in [2.75, 3.05) is 6.54 Å². The van der Waals surface area contributed by atoms with Gasteiger partial charge in [0.05, 0.1) is 4.90 Å². The molecule has 1 aliphatic heterocycles. The Kier molecular flexibility index (Phi) is 4.44. The van der Waals surface area contributed by atoms with E-state index in [0.717, 1.165) is 12.1 Å². The van der Waals surface area contributed by atoms with Crippen LogP contribution in [0.3, 0.4) is 0 Å². The van der Waals surface area contributed by atoms with Gasteiger partial charge in [-0.1, -0.05) is 6.07 Å². The van der Waals surface area contributed by atoms with E-state index in [1.54, 1.807) is 24.4 Å². The van der Waals surface area contributed by atoms with Crippen LogP contribution >= 0.6 is 0 Å². The van der Waals surface area contributed by atoms with Crippen LogP contribution in [0.1, 0.15) is 24.8 Å². The van der Waals surface area contributed by atoms with Crippen molar-refractivity contribution in [3.63, 3.8) is 0 Å². The lowest BCUT2D eigenvalue weighted by atomic mass is 10.2. The Balaban J connectivity index is 1.66. The molecule has 1 aromatic carbocycles. The quantitative estimate of drug-likeness (QED) is 0.678. The second-order valence-electron chi connectivity index (χ2n) is 6.01. The van der Waals surface area contributed by atoms with Crippen LogP contribution in [-0.4, -0.2) is 34.4 Å². The number of halogens is 2. The van der Waals surface area contributed by atoms with E-state index in [-0.39, 0.29) is 23.2 Å². The van der Waals surface area contributed by atoms with Gasteiger partial charge in [0, 0.05) is 12.7 Å². The Morgan fingerprint density at radius 1 is 1.11 bits per heavy atom. The van der Waals surface area contributed by atoms with Gasteiger partial charge in [0.25, 0.3) is 5.89 Å². The average Bonchev–Trinajstić information content (AvgIpc) is 3.34. The fourth-order valence-corrected chi connectivity index (χ4v) is 4.67. The number of hydrogen-bond donors (Lipinski definition) is 0. The lowest BCUT2D eigenvalue weighted by Gasteiger charge is -2.21. The predicted octanol–water partition coefficient (Wildman–Crippen LogP) is 2.94. The zero-order valence-electron chi connectivity index (χ0n) is 13.9. The van der Waals surface area contributed by atoms with Crippen molar-refractivity contribution in [3.05, 3.63) is 60.1 Å². The number of pyridine rings is 1. The highest BCUT2D eigenvalue weighted by molar-refractivity contribution is 7.89. The van der Waals surface area contributed by atoms with Crippen molar-refractivity contribution in [2.24, 2.45) is 0 Å². The molecule has 0 saturated carbocycles. The van der Waals surface area contributed by atoms with E-state index in [2.05, 4.69) is 15.2 Å². The van der Waals surface area contributed by atoms with Gasteiger partial charge in [-0.15, -0.1) is 10.2 Å². The molecular weight excluding hydrogens is 378 g/mol. The third kappa shape index (κ3) is 3.21. The highest BCUT2D eigenvalue weighted by Crippen LogP contribution is 2.36. The first kappa shape index (κ1) is 17.7. The van der Waals surface area contributed by atoms with Crippen LogP contribution in [0.4, 0.5) is 8.78 Å². The number of benzene rings is 1. The van der Waals surface area contributed by atoms with Crippen LogP contribution < -0.4 is 0 Å². The summed E-state index contributed by atoms with van der Waals surface area (Å²) < 4.78 is 59.2. The zero-order valence-corrected chi connectivity index (χ0v) is 14.7. The van der Waals surface area contributed by atoms with Crippen LogP contribution in [0.2, 0.25) is 0 Å². The van der Waals surface area contributed by atoms with Gasteiger partial charge in [0.2, 0.25) is 15.9 Å². The van der Waals surface area contributed by atoms with E-state index in [9.17, 15) is 17.2 Å². The van der Waals surface area contributed by atoms with Crippen LogP contribution in [0.5, 0.6) is 0 Å². The maximum atomic E-state index is 13.5. The topological polar surface area (TPSA) is 89.2 Å². The molecule has 3 heterocycles. The molecule has 0 unspecified atom stereocenters. The van der Waals surface area contributed by atoms with Crippen molar-refractivity contribution in [3.8, 4) is 11.6 Å². The van der Waals surface area contributed by atoms with Crippen molar-refractivity contribution in [2.45, 2.75) is 23.8 Å². The molecule has 0 amide bonds. The predicted molar refractivity (Wildman–Crippen MR) is 89.8 cm³/mol. The van der Waals surface area contributed by atoms with Crippen LogP contribution in [0.25, 0.3) is 11.6 Å². The molecule has 0 bridgehead atoms. The fraction of sp³-hybridized carbons (Fsp3) is 0.235. The van der Waals surface area contributed by atoms with Crippen molar-refractivity contribution < 1.29 is 21.6 Å². The molecule has 10 heteroatoms. The monoisotopic (exact) mass is 392 g/mol. The minimum atomic E-state index is -4.05. The first-order valence-corrected chi connectivity index (χ1v) is 9.62. The number of sulfonamides is 1. The summed E-state index contributed by atoms with van der Waals surface area (Å²) in [7, 11) is -4.05. The maximum Gasteiger partial charge on any atom is 0.266 e. The molecular formula is C17H14F2N4O3S. The van der Waals surface area contributed by atoms with Crippen LogP contribution in [0, 0.1) is 11.6 Å². The summed E-state index contributed by atoms with van der Waals surface area (Å²) in [5.74, 6) is -2.01. The molecule has 3 aromatic rings. The lowest BCUT2D eigenvalue weighted by molar-refractivity contribution is 0.332. The highest BCUT2D eigenvalue weighted by Gasteiger charge is 2.39. The molecule has 0 spiro atoms. The molecule has 2 aromatic heterocycles. The van der Waals surface area contributed by atoms with E-state index in [0.29, 0.717) is 24.6 Å². The van der Waals surface area contributed by atoms with Gasteiger partial charge in [0.1, 0.15) is 11.7 Å². The van der Waals surface area contributed by atoms with E-state index in [1.807, 2.05) is 0 Å². The third-order valence-electron chi connectivity index (χ3n) is 4.31. The van der Waals surface area contributed by atoms with E-state index < -0.39 is 27.7 Å². The highest BCUT2D eigenvalue weighted by atomic mass is 32.2. The van der Waals surface area contributed by atoms with Gasteiger partial charge < -0.3 is 4.42 Å². The van der Waals surface area contributed by atoms with Gasteiger partial charge in [0.15, 0.2) is 11.6 Å². The van der Waals surface area contributed by atoms with Crippen LogP contribution in [0.15, 0.2) is 51.9 Å². The molecule has 0 radical (unpaired) electrons. The maximum absolute atomic E-state index is 13.5. The SMILES string of the molecule is O=S(=O)(c1ccc(F)c(F)c1)N1CCC[C@H]1c1nnc(-c2ccccn2)o1. The molecule has 1 fully saturated rings. The second-order valence-corrected chi connectivity index (χ2v) is 7.90. The molecule has 1 atom stereocenters. The number of nitrogens with zero attached hydrogens (tertiary/aromatic N) is 4. The average molecular weight is 392 g/mol. The Morgan fingerprint density at radius 3 is 2.70 bits per heavy atom. The molecule has 1 aliphatic rings. The first-order valence-electron chi connectivity index (χ1n) is 8.18. The molecule has 0 N–H and O–H groups in total. The minimum Gasteiger partial charge on any atom is -0.417 e. The first-order chi connectivity index (χ1) is 13.0. The van der Waals surface area contributed by atoms with E-state index >= 15 is 0 Å². The second kappa shape index (κ2) is 6.78. The Morgan fingerprint density at radius 2 is 1.96 bits per heavy atom. The normalized spacial score (nSPS) is 18.1. The number of aromatic nitrogens is 3. The summed E-state index contributed by atoms with van der Waals surface area (Å²) in [5, 5.41) is 7.90.